The van der Waals surface area contributed by atoms with Gasteiger partial charge in [-0.25, -0.2) is 0 Å². The van der Waals surface area contributed by atoms with E-state index in [0.717, 1.165) is 17.7 Å². The van der Waals surface area contributed by atoms with Crippen LogP contribution in [0.25, 0.3) is 0 Å². The van der Waals surface area contributed by atoms with Crippen molar-refractivity contribution < 1.29 is 4.79 Å². The molecule has 5 nitrogen and oxygen atoms in total. The van der Waals surface area contributed by atoms with Gasteiger partial charge in [-0.05, 0) is 49.2 Å². The number of carbonyl (C=O) groups is 1. The molecule has 1 aromatic heterocycles. The number of hydrogen-bond acceptors (Lipinski definition) is 3. The van der Waals surface area contributed by atoms with Crippen molar-refractivity contribution in [3.63, 3.8) is 0 Å². The first-order valence-electron chi connectivity index (χ1n) is 7.50. The molecule has 3 atom stereocenters. The van der Waals surface area contributed by atoms with E-state index in [9.17, 15) is 4.79 Å². The van der Waals surface area contributed by atoms with Gasteiger partial charge in [-0.1, -0.05) is 6.42 Å². The number of fused-ring (bicyclic) bond motifs is 2. The number of H-pyrrole nitrogens is 1. The van der Waals surface area contributed by atoms with Crippen LogP contribution < -0.4 is 5.32 Å². The van der Waals surface area contributed by atoms with Gasteiger partial charge < -0.3 is 9.88 Å². The number of hydrogen-bond donors (Lipinski definition) is 2. The lowest BCUT2D eigenvalue weighted by molar-refractivity contribution is -0.122. The van der Waals surface area contributed by atoms with E-state index >= 15 is 0 Å². The van der Waals surface area contributed by atoms with Crippen molar-refractivity contribution in [2.75, 3.05) is 6.54 Å². The molecule has 3 rings (SSSR count). The molecule has 0 aromatic carbocycles. The minimum atomic E-state index is 0.194. The van der Waals surface area contributed by atoms with Gasteiger partial charge in [-0.3, -0.25) is 9.89 Å². The van der Waals surface area contributed by atoms with Crippen molar-refractivity contribution in [2.45, 2.75) is 38.5 Å². The zero-order chi connectivity index (χ0) is 14.1. The van der Waals surface area contributed by atoms with Crippen LogP contribution in [-0.4, -0.2) is 27.2 Å². The third kappa shape index (κ3) is 2.80. The largest absolute Gasteiger partial charge is 0.356 e. The monoisotopic (exact) mass is 294 g/mol. The van der Waals surface area contributed by atoms with Gasteiger partial charge in [-0.2, -0.15) is 5.10 Å². The van der Waals surface area contributed by atoms with Gasteiger partial charge in [0.15, 0.2) is 4.77 Å². The molecule has 0 spiro atoms. The fourth-order valence-electron chi connectivity index (χ4n) is 3.85. The minimum absolute atomic E-state index is 0.194. The Kier molecular flexibility index (Phi) is 3.92. The highest BCUT2D eigenvalue weighted by Crippen LogP contribution is 2.49. The van der Waals surface area contributed by atoms with Gasteiger partial charge in [0.25, 0.3) is 0 Å². The molecule has 2 aliphatic rings. The zero-order valence-corrected chi connectivity index (χ0v) is 12.7. The van der Waals surface area contributed by atoms with Crippen LogP contribution in [0.3, 0.4) is 0 Å². The summed E-state index contributed by atoms with van der Waals surface area (Å²) in [6.45, 7) is 0.632. The molecule has 1 amide bonds. The van der Waals surface area contributed by atoms with E-state index in [0.29, 0.717) is 30.1 Å². The lowest BCUT2D eigenvalue weighted by Crippen LogP contribution is -2.29. The summed E-state index contributed by atoms with van der Waals surface area (Å²) >= 11 is 5.06. The maximum atomic E-state index is 12.0. The Balaban J connectivity index is 1.41. The summed E-state index contributed by atoms with van der Waals surface area (Å²) in [5, 5.41) is 9.91. The van der Waals surface area contributed by atoms with Crippen LogP contribution in [0.4, 0.5) is 0 Å². The van der Waals surface area contributed by atoms with Crippen molar-refractivity contribution in [3.8, 4) is 0 Å². The highest BCUT2D eigenvalue weighted by atomic mass is 32.1. The molecule has 2 bridgehead atoms. The summed E-state index contributed by atoms with van der Waals surface area (Å²) in [6.07, 6.45) is 6.79. The maximum absolute atomic E-state index is 12.0. The minimum Gasteiger partial charge on any atom is -0.356 e. The predicted octanol–water partition coefficient (Wildman–Crippen LogP) is 1.96. The average molecular weight is 294 g/mol. The molecule has 2 N–H and O–H groups in total. The fraction of sp³-hybridized carbons (Fsp3) is 0.786. The summed E-state index contributed by atoms with van der Waals surface area (Å²) in [7, 11) is 1.89. The number of carbonyl (C=O) groups excluding carboxylic acids is 1. The van der Waals surface area contributed by atoms with Crippen LogP contribution in [0.2, 0.25) is 0 Å². The van der Waals surface area contributed by atoms with Crippen LogP contribution >= 0.6 is 12.2 Å². The number of aromatic amines is 1. The first kappa shape index (κ1) is 13.8. The number of nitrogens with one attached hydrogen (secondary N) is 2. The molecule has 110 valence electrons. The number of nitrogens with zero attached hydrogens (tertiary/aromatic N) is 2. The summed E-state index contributed by atoms with van der Waals surface area (Å²) in [6, 6.07) is 0. The van der Waals surface area contributed by atoms with E-state index in [-0.39, 0.29) is 5.91 Å². The van der Waals surface area contributed by atoms with Crippen LogP contribution in [0.5, 0.6) is 0 Å². The van der Waals surface area contributed by atoms with Crippen molar-refractivity contribution >= 4 is 18.1 Å². The van der Waals surface area contributed by atoms with Gasteiger partial charge in [0.05, 0.1) is 0 Å². The molecule has 6 heteroatoms. The number of aromatic nitrogens is 3. The highest BCUT2D eigenvalue weighted by molar-refractivity contribution is 7.71. The van der Waals surface area contributed by atoms with E-state index in [1.807, 2.05) is 11.6 Å². The average Bonchev–Trinajstić information content (AvgIpc) is 3.10. The van der Waals surface area contributed by atoms with E-state index < -0.39 is 0 Å². The second-order valence-corrected chi connectivity index (χ2v) is 6.63. The fourth-order valence-corrected chi connectivity index (χ4v) is 4.00. The van der Waals surface area contributed by atoms with Crippen molar-refractivity contribution in [3.05, 3.63) is 10.6 Å². The third-order valence-corrected chi connectivity index (χ3v) is 5.34. The second-order valence-electron chi connectivity index (χ2n) is 6.24. The molecule has 0 aliphatic heterocycles. The first-order valence-corrected chi connectivity index (χ1v) is 7.91. The molecular formula is C14H22N4OS. The predicted molar refractivity (Wildman–Crippen MR) is 78.7 cm³/mol. The van der Waals surface area contributed by atoms with E-state index in [1.54, 1.807) is 0 Å². The number of amides is 1. The molecule has 0 saturated heterocycles. The summed E-state index contributed by atoms with van der Waals surface area (Å²) in [5.74, 6) is 3.44. The van der Waals surface area contributed by atoms with Crippen molar-refractivity contribution in [1.29, 1.82) is 0 Å². The van der Waals surface area contributed by atoms with Crippen LogP contribution in [-0.2, 0) is 18.3 Å². The van der Waals surface area contributed by atoms with Gasteiger partial charge in [0, 0.05) is 26.4 Å². The lowest BCUT2D eigenvalue weighted by Gasteiger charge is -2.20. The lowest BCUT2D eigenvalue weighted by atomic mass is 9.86. The molecule has 2 saturated carbocycles. The molecule has 20 heavy (non-hydrogen) atoms. The Labute approximate surface area is 124 Å². The molecule has 0 radical (unpaired) electrons. The Bertz CT molecular complexity index is 550. The molecule has 2 aliphatic carbocycles. The topological polar surface area (TPSA) is 62.7 Å². The normalized spacial score (nSPS) is 27.9. The van der Waals surface area contributed by atoms with Crippen LogP contribution in [0.15, 0.2) is 0 Å². The summed E-state index contributed by atoms with van der Waals surface area (Å²) in [5.41, 5.74) is 0. The van der Waals surface area contributed by atoms with Crippen LogP contribution in [0.1, 0.15) is 37.9 Å². The molecule has 1 aromatic rings. The Morgan fingerprint density at radius 2 is 2.35 bits per heavy atom. The first-order chi connectivity index (χ1) is 9.63. The molecule has 1 heterocycles. The second kappa shape index (κ2) is 5.68. The van der Waals surface area contributed by atoms with Crippen LogP contribution in [0, 0.1) is 22.5 Å². The highest BCUT2D eigenvalue weighted by Gasteiger charge is 2.39. The van der Waals surface area contributed by atoms with E-state index in [4.69, 9.17) is 12.2 Å². The SMILES string of the molecule is Cn1c(CCNC(=O)CC2CC3CCC2C3)n[nH]c1=S. The van der Waals surface area contributed by atoms with E-state index in [2.05, 4.69) is 15.5 Å². The van der Waals surface area contributed by atoms with E-state index in [1.165, 1.54) is 25.7 Å². The zero-order valence-electron chi connectivity index (χ0n) is 11.9. The summed E-state index contributed by atoms with van der Waals surface area (Å²) in [4.78, 5) is 12.0. The van der Waals surface area contributed by atoms with Gasteiger partial charge in [0.2, 0.25) is 5.91 Å². The van der Waals surface area contributed by atoms with Gasteiger partial charge >= 0.3 is 0 Å². The summed E-state index contributed by atoms with van der Waals surface area (Å²) < 4.78 is 2.46. The molecular weight excluding hydrogens is 272 g/mol. The Morgan fingerprint density at radius 1 is 1.50 bits per heavy atom. The maximum Gasteiger partial charge on any atom is 0.220 e. The third-order valence-electron chi connectivity index (χ3n) is 4.98. The molecule has 3 unspecified atom stereocenters. The Hall–Kier alpha value is -1.17. The van der Waals surface area contributed by atoms with Crippen molar-refractivity contribution in [1.82, 2.24) is 20.1 Å². The van der Waals surface area contributed by atoms with Crippen molar-refractivity contribution in [2.24, 2.45) is 24.8 Å². The van der Waals surface area contributed by atoms with Gasteiger partial charge in [0.1, 0.15) is 5.82 Å². The number of rotatable bonds is 5. The smallest absolute Gasteiger partial charge is 0.220 e. The Morgan fingerprint density at radius 3 is 2.95 bits per heavy atom. The molecule has 2 fully saturated rings. The quantitative estimate of drug-likeness (QED) is 0.816. The van der Waals surface area contributed by atoms with Gasteiger partial charge in [-0.15, -0.1) is 0 Å². The standard InChI is InChI=1S/C14H22N4OS/c1-18-12(16-17-14(18)20)4-5-15-13(19)8-11-7-9-2-3-10(11)6-9/h9-11H,2-8H2,1H3,(H,15,19)(H,17,20).